The molecule has 0 fully saturated rings. The monoisotopic (exact) mass is 490 g/mol. The van der Waals surface area contributed by atoms with Crippen molar-refractivity contribution in [1.82, 2.24) is 0 Å². The standard InChI is InChI=1S/2C13H10O3.Zn/c2*14-12-7-6-10(8-11(12)13(15)16)9-4-2-1-3-5-9;/h2*1-8,14H,(H,15,16);/q;;+2/p-2. The number of hydrogen-bond acceptors (Lipinski definition) is 6. The van der Waals surface area contributed by atoms with E-state index in [1.54, 1.807) is 12.1 Å². The zero-order valence-electron chi connectivity index (χ0n) is 17.5. The van der Waals surface area contributed by atoms with Gasteiger partial charge in [-0.2, -0.15) is 0 Å². The van der Waals surface area contributed by atoms with Crippen LogP contribution in [0.2, 0.25) is 0 Å². The minimum Gasteiger partial charge on any atom is -0.545 e. The van der Waals surface area contributed by atoms with Crippen molar-refractivity contribution in [2.45, 2.75) is 0 Å². The average Bonchev–Trinajstić information content (AvgIpc) is 2.81. The van der Waals surface area contributed by atoms with Crippen molar-refractivity contribution in [1.29, 1.82) is 0 Å². The number of carbonyl (C=O) groups is 2. The van der Waals surface area contributed by atoms with E-state index in [9.17, 15) is 30.0 Å². The third kappa shape index (κ3) is 6.51. The molecule has 0 aliphatic carbocycles. The van der Waals surface area contributed by atoms with Crippen LogP contribution in [-0.4, -0.2) is 22.2 Å². The number of aromatic carboxylic acids is 2. The summed E-state index contributed by atoms with van der Waals surface area (Å²) in [5.41, 5.74) is 2.87. The van der Waals surface area contributed by atoms with Crippen LogP contribution in [0, 0.1) is 0 Å². The number of phenols is 2. The molecule has 0 amide bonds. The fourth-order valence-electron chi connectivity index (χ4n) is 3.02. The van der Waals surface area contributed by atoms with Crippen LogP contribution in [0.5, 0.6) is 11.5 Å². The summed E-state index contributed by atoms with van der Waals surface area (Å²) in [6.45, 7) is 0. The molecule has 4 aromatic carbocycles. The third-order valence-corrected chi connectivity index (χ3v) is 4.65. The molecule has 6 nitrogen and oxygen atoms in total. The van der Waals surface area contributed by atoms with Gasteiger partial charge in [-0.05, 0) is 46.5 Å². The first-order valence-corrected chi connectivity index (χ1v) is 9.56. The van der Waals surface area contributed by atoms with Gasteiger partial charge in [0.25, 0.3) is 0 Å². The molecule has 0 atom stereocenters. The molecule has 0 aliphatic heterocycles. The molecule has 7 heteroatoms. The third-order valence-electron chi connectivity index (χ3n) is 4.65. The van der Waals surface area contributed by atoms with Crippen molar-refractivity contribution in [3.05, 3.63) is 108 Å². The topological polar surface area (TPSA) is 121 Å². The normalized spacial score (nSPS) is 9.70. The molecule has 33 heavy (non-hydrogen) atoms. The Hall–Kier alpha value is -3.96. The Morgan fingerprint density at radius 1 is 0.515 bits per heavy atom. The summed E-state index contributed by atoms with van der Waals surface area (Å²) in [6, 6.07) is 27.5. The minimum atomic E-state index is -1.38. The molecule has 0 radical (unpaired) electrons. The Balaban J connectivity index is 0.000000227. The first-order valence-electron chi connectivity index (χ1n) is 9.56. The van der Waals surface area contributed by atoms with Gasteiger partial charge in [-0.25, -0.2) is 0 Å². The number of rotatable bonds is 4. The second kappa shape index (κ2) is 11.6. The molecule has 2 N–H and O–H groups in total. The molecule has 160 valence electrons. The fraction of sp³-hybridized carbons (Fsp3) is 0. The molecular weight excluding hydrogens is 474 g/mol. The number of aromatic hydroxyl groups is 2. The van der Waals surface area contributed by atoms with Gasteiger partial charge in [-0.3, -0.25) is 0 Å². The predicted octanol–water partition coefficient (Wildman–Crippen LogP) is 2.84. The molecule has 0 bridgehead atoms. The molecule has 0 saturated heterocycles. The van der Waals surface area contributed by atoms with Crippen LogP contribution in [0.25, 0.3) is 22.3 Å². The van der Waals surface area contributed by atoms with Gasteiger partial charge in [-0.1, -0.05) is 72.8 Å². The van der Waals surface area contributed by atoms with E-state index < -0.39 is 11.9 Å². The maximum Gasteiger partial charge on any atom is 2.00 e. The van der Waals surface area contributed by atoms with E-state index >= 15 is 0 Å². The van der Waals surface area contributed by atoms with Crippen LogP contribution < -0.4 is 10.2 Å². The van der Waals surface area contributed by atoms with Crippen molar-refractivity contribution in [2.24, 2.45) is 0 Å². The Kier molecular flexibility index (Phi) is 8.90. The molecule has 4 aromatic rings. The fourth-order valence-corrected chi connectivity index (χ4v) is 3.02. The van der Waals surface area contributed by atoms with Crippen molar-refractivity contribution in [3.63, 3.8) is 0 Å². The maximum absolute atomic E-state index is 10.7. The SMILES string of the molecule is O=C([O-])c1cc(-c2ccccc2)ccc1O.O=C([O-])c1cc(-c2ccccc2)ccc1O.[Zn+2]. The Morgan fingerprint density at radius 2 is 0.848 bits per heavy atom. The van der Waals surface area contributed by atoms with E-state index in [4.69, 9.17) is 0 Å². The summed E-state index contributed by atoms with van der Waals surface area (Å²) in [6.07, 6.45) is 0. The predicted molar refractivity (Wildman–Crippen MR) is 116 cm³/mol. The number of carboxylic acids is 2. The molecule has 0 aliphatic rings. The van der Waals surface area contributed by atoms with E-state index in [-0.39, 0.29) is 42.1 Å². The first kappa shape index (κ1) is 25.3. The zero-order valence-corrected chi connectivity index (χ0v) is 20.4. The van der Waals surface area contributed by atoms with Crippen molar-refractivity contribution >= 4 is 11.9 Å². The van der Waals surface area contributed by atoms with Gasteiger partial charge >= 0.3 is 19.5 Å². The number of benzene rings is 4. The van der Waals surface area contributed by atoms with Gasteiger partial charge in [0.05, 0.1) is 11.9 Å². The summed E-state index contributed by atoms with van der Waals surface area (Å²) < 4.78 is 0. The summed E-state index contributed by atoms with van der Waals surface area (Å²) in [5.74, 6) is -3.31. The summed E-state index contributed by atoms with van der Waals surface area (Å²) in [5, 5.41) is 40.1. The van der Waals surface area contributed by atoms with Crippen molar-refractivity contribution < 1.29 is 49.5 Å². The Bertz CT molecular complexity index is 1140. The molecule has 0 aromatic heterocycles. The average molecular weight is 492 g/mol. The first-order chi connectivity index (χ1) is 15.4. The minimum absolute atomic E-state index is 0. The molecule has 0 spiro atoms. The van der Waals surface area contributed by atoms with Crippen LogP contribution in [-0.2, 0) is 19.5 Å². The second-order valence-corrected chi connectivity index (χ2v) is 6.77. The van der Waals surface area contributed by atoms with Gasteiger partial charge in [0.15, 0.2) is 0 Å². The second-order valence-electron chi connectivity index (χ2n) is 6.77. The van der Waals surface area contributed by atoms with Crippen LogP contribution in [0.4, 0.5) is 0 Å². The quantitative estimate of drug-likeness (QED) is 0.423. The van der Waals surface area contributed by atoms with Crippen molar-refractivity contribution in [3.8, 4) is 33.8 Å². The van der Waals surface area contributed by atoms with E-state index in [1.165, 1.54) is 24.3 Å². The van der Waals surface area contributed by atoms with Crippen LogP contribution in [0.15, 0.2) is 97.1 Å². The maximum atomic E-state index is 10.7. The van der Waals surface area contributed by atoms with Gasteiger partial charge in [0, 0.05) is 11.1 Å². The smallest absolute Gasteiger partial charge is 0.545 e. The summed E-state index contributed by atoms with van der Waals surface area (Å²) in [7, 11) is 0. The van der Waals surface area contributed by atoms with Crippen molar-refractivity contribution in [2.75, 3.05) is 0 Å². The molecule has 4 rings (SSSR count). The largest absolute Gasteiger partial charge is 2.00 e. The Morgan fingerprint density at radius 3 is 1.15 bits per heavy atom. The van der Waals surface area contributed by atoms with Crippen LogP contribution in [0.3, 0.4) is 0 Å². The molecule has 0 saturated carbocycles. The van der Waals surface area contributed by atoms with E-state index in [0.29, 0.717) is 0 Å². The molecular formula is C26H18O6Zn. The Labute approximate surface area is 203 Å². The van der Waals surface area contributed by atoms with Crippen LogP contribution >= 0.6 is 0 Å². The zero-order chi connectivity index (χ0) is 23.1. The van der Waals surface area contributed by atoms with Crippen LogP contribution in [0.1, 0.15) is 20.7 Å². The van der Waals surface area contributed by atoms with E-state index in [2.05, 4.69) is 0 Å². The summed E-state index contributed by atoms with van der Waals surface area (Å²) >= 11 is 0. The van der Waals surface area contributed by atoms with E-state index in [1.807, 2.05) is 60.7 Å². The van der Waals surface area contributed by atoms with Gasteiger partial charge in [0.1, 0.15) is 11.5 Å². The molecule has 0 unspecified atom stereocenters. The van der Waals surface area contributed by atoms with E-state index in [0.717, 1.165) is 22.3 Å². The number of carbonyl (C=O) groups excluding carboxylic acids is 2. The number of hydrogen-bond donors (Lipinski definition) is 2. The van der Waals surface area contributed by atoms with Gasteiger partial charge in [0.2, 0.25) is 0 Å². The van der Waals surface area contributed by atoms with Gasteiger partial charge < -0.3 is 30.0 Å². The summed E-state index contributed by atoms with van der Waals surface area (Å²) in [4.78, 5) is 21.5. The van der Waals surface area contributed by atoms with Gasteiger partial charge in [-0.15, -0.1) is 0 Å². The number of carboxylic acid groups (broad SMARTS) is 2. The molecule has 0 heterocycles.